The molecule has 1 aromatic carbocycles. The summed E-state index contributed by atoms with van der Waals surface area (Å²) in [7, 11) is 2.06. The van der Waals surface area contributed by atoms with E-state index < -0.39 is 0 Å². The number of thioether (sulfide) groups is 1. The Hall–Kier alpha value is -1.47. The molecule has 1 aliphatic rings. The number of hydrogen-bond acceptors (Lipinski definition) is 3. The molecule has 0 unspecified atom stereocenters. The average molecular weight is 271 g/mol. The van der Waals surface area contributed by atoms with E-state index in [2.05, 4.69) is 29.4 Å². The predicted octanol–water partition coefficient (Wildman–Crippen LogP) is 3.13. The summed E-state index contributed by atoms with van der Waals surface area (Å²) < 4.78 is 2.15. The molecule has 0 atom stereocenters. The lowest BCUT2D eigenvalue weighted by Crippen LogP contribution is -2.14. The van der Waals surface area contributed by atoms with Crippen LogP contribution in [0.2, 0.25) is 0 Å². The van der Waals surface area contributed by atoms with Gasteiger partial charge in [-0.2, -0.15) is 17.0 Å². The van der Waals surface area contributed by atoms with E-state index in [0.29, 0.717) is 5.56 Å². The molecule has 19 heavy (non-hydrogen) atoms. The Kier molecular flexibility index (Phi) is 3.48. The number of nitriles is 1. The van der Waals surface area contributed by atoms with Crippen molar-refractivity contribution >= 4 is 22.8 Å². The Bertz CT molecular complexity index is 633. The van der Waals surface area contributed by atoms with E-state index in [0.717, 1.165) is 29.2 Å². The molecule has 98 valence electrons. The van der Waals surface area contributed by atoms with E-state index in [1.807, 2.05) is 18.2 Å². The summed E-state index contributed by atoms with van der Waals surface area (Å²) in [6, 6.07) is 7.92. The van der Waals surface area contributed by atoms with E-state index in [9.17, 15) is 0 Å². The molecular formula is C15H17N3S. The van der Waals surface area contributed by atoms with Crippen molar-refractivity contribution in [2.45, 2.75) is 19.3 Å². The SMILES string of the molecule is Cn1c(CC2CCSCC2)nc2ccc(C#N)cc21. The molecule has 1 saturated heterocycles. The monoisotopic (exact) mass is 271 g/mol. The first-order valence-electron chi connectivity index (χ1n) is 6.71. The van der Waals surface area contributed by atoms with Crippen LogP contribution in [0.5, 0.6) is 0 Å². The lowest BCUT2D eigenvalue weighted by molar-refractivity contribution is 0.471. The van der Waals surface area contributed by atoms with Gasteiger partial charge in [0.05, 0.1) is 22.7 Å². The third kappa shape index (κ3) is 2.48. The van der Waals surface area contributed by atoms with Gasteiger partial charge in [-0.1, -0.05) is 0 Å². The summed E-state index contributed by atoms with van der Waals surface area (Å²) in [6.45, 7) is 0. The second-order valence-corrected chi connectivity index (χ2v) is 6.39. The Balaban J connectivity index is 1.91. The van der Waals surface area contributed by atoms with Crippen molar-refractivity contribution in [3.05, 3.63) is 29.6 Å². The molecule has 3 nitrogen and oxygen atoms in total. The van der Waals surface area contributed by atoms with Gasteiger partial charge in [0.1, 0.15) is 5.82 Å². The van der Waals surface area contributed by atoms with Crippen LogP contribution in [0.1, 0.15) is 24.2 Å². The molecule has 0 aliphatic carbocycles. The van der Waals surface area contributed by atoms with Crippen LogP contribution in [-0.2, 0) is 13.5 Å². The first-order chi connectivity index (χ1) is 9.28. The average Bonchev–Trinajstić information content (AvgIpc) is 2.76. The topological polar surface area (TPSA) is 41.6 Å². The number of imidazole rings is 1. The summed E-state index contributed by atoms with van der Waals surface area (Å²) in [6.07, 6.45) is 3.67. The molecule has 2 aromatic rings. The highest BCUT2D eigenvalue weighted by atomic mass is 32.2. The van der Waals surface area contributed by atoms with Crippen molar-refractivity contribution in [1.29, 1.82) is 5.26 Å². The van der Waals surface area contributed by atoms with Gasteiger partial charge in [0.15, 0.2) is 0 Å². The molecule has 3 rings (SSSR count). The van der Waals surface area contributed by atoms with Crippen molar-refractivity contribution in [2.24, 2.45) is 13.0 Å². The summed E-state index contributed by atoms with van der Waals surface area (Å²) in [5.41, 5.74) is 2.78. The molecule has 1 fully saturated rings. The van der Waals surface area contributed by atoms with E-state index in [-0.39, 0.29) is 0 Å². The highest BCUT2D eigenvalue weighted by Gasteiger charge is 2.17. The fourth-order valence-electron chi connectivity index (χ4n) is 2.70. The predicted molar refractivity (Wildman–Crippen MR) is 79.2 cm³/mol. The quantitative estimate of drug-likeness (QED) is 0.842. The van der Waals surface area contributed by atoms with Gasteiger partial charge < -0.3 is 4.57 Å². The third-order valence-electron chi connectivity index (χ3n) is 3.91. The van der Waals surface area contributed by atoms with E-state index in [4.69, 9.17) is 10.2 Å². The fourth-order valence-corrected chi connectivity index (χ4v) is 3.90. The Morgan fingerprint density at radius 1 is 1.42 bits per heavy atom. The van der Waals surface area contributed by atoms with Crippen LogP contribution in [0.4, 0.5) is 0 Å². The maximum absolute atomic E-state index is 8.97. The highest BCUT2D eigenvalue weighted by molar-refractivity contribution is 7.99. The Labute approximate surface area is 117 Å². The van der Waals surface area contributed by atoms with E-state index >= 15 is 0 Å². The lowest BCUT2D eigenvalue weighted by Gasteiger charge is -2.20. The van der Waals surface area contributed by atoms with Gasteiger partial charge in [-0.25, -0.2) is 4.98 Å². The number of aryl methyl sites for hydroxylation is 1. The van der Waals surface area contributed by atoms with Crippen LogP contribution in [0.3, 0.4) is 0 Å². The molecule has 0 saturated carbocycles. The first kappa shape index (κ1) is 12.6. The van der Waals surface area contributed by atoms with Crippen molar-refractivity contribution < 1.29 is 0 Å². The summed E-state index contributed by atoms with van der Waals surface area (Å²) in [5.74, 6) is 4.49. The number of fused-ring (bicyclic) bond motifs is 1. The number of nitrogens with zero attached hydrogens (tertiary/aromatic N) is 3. The Morgan fingerprint density at radius 3 is 2.95 bits per heavy atom. The van der Waals surface area contributed by atoms with Crippen LogP contribution < -0.4 is 0 Å². The van der Waals surface area contributed by atoms with Crippen LogP contribution in [0.25, 0.3) is 11.0 Å². The lowest BCUT2D eigenvalue weighted by atomic mass is 9.98. The second kappa shape index (κ2) is 5.26. The normalized spacial score (nSPS) is 16.6. The second-order valence-electron chi connectivity index (χ2n) is 5.16. The van der Waals surface area contributed by atoms with Gasteiger partial charge in [0, 0.05) is 13.5 Å². The van der Waals surface area contributed by atoms with Gasteiger partial charge in [0.25, 0.3) is 0 Å². The summed E-state index contributed by atoms with van der Waals surface area (Å²) >= 11 is 2.06. The van der Waals surface area contributed by atoms with Crippen molar-refractivity contribution in [2.75, 3.05) is 11.5 Å². The smallest absolute Gasteiger partial charge is 0.109 e. The standard InChI is InChI=1S/C15H17N3S/c1-18-14-8-12(10-16)2-3-13(14)17-15(18)9-11-4-6-19-7-5-11/h2-3,8,11H,4-7,9H2,1H3. The minimum absolute atomic E-state index is 0.705. The molecule has 4 heteroatoms. The van der Waals surface area contributed by atoms with Crippen LogP contribution in [0, 0.1) is 17.2 Å². The maximum atomic E-state index is 8.97. The van der Waals surface area contributed by atoms with Crippen molar-refractivity contribution in [3.8, 4) is 6.07 Å². The van der Waals surface area contributed by atoms with Gasteiger partial charge in [-0.05, 0) is 48.5 Å². The zero-order chi connectivity index (χ0) is 13.2. The molecule has 0 amide bonds. The van der Waals surface area contributed by atoms with E-state index in [1.54, 1.807) is 0 Å². The molecule has 1 aliphatic heterocycles. The van der Waals surface area contributed by atoms with Crippen LogP contribution in [0.15, 0.2) is 18.2 Å². The van der Waals surface area contributed by atoms with Gasteiger partial charge >= 0.3 is 0 Å². The molecule has 0 N–H and O–H groups in total. The van der Waals surface area contributed by atoms with Gasteiger partial charge in [0.2, 0.25) is 0 Å². The van der Waals surface area contributed by atoms with Crippen LogP contribution in [-0.4, -0.2) is 21.1 Å². The fraction of sp³-hybridized carbons (Fsp3) is 0.467. The first-order valence-corrected chi connectivity index (χ1v) is 7.86. The largest absolute Gasteiger partial charge is 0.331 e. The molecule has 1 aromatic heterocycles. The maximum Gasteiger partial charge on any atom is 0.109 e. The minimum atomic E-state index is 0.705. The summed E-state index contributed by atoms with van der Waals surface area (Å²) in [5, 5.41) is 8.97. The molecule has 2 heterocycles. The molecule has 0 bridgehead atoms. The number of aromatic nitrogens is 2. The van der Waals surface area contributed by atoms with Crippen molar-refractivity contribution in [1.82, 2.24) is 9.55 Å². The zero-order valence-electron chi connectivity index (χ0n) is 11.1. The van der Waals surface area contributed by atoms with Crippen molar-refractivity contribution in [3.63, 3.8) is 0 Å². The molecule has 0 radical (unpaired) electrons. The molecular weight excluding hydrogens is 254 g/mol. The van der Waals surface area contributed by atoms with Crippen LogP contribution >= 0.6 is 11.8 Å². The van der Waals surface area contributed by atoms with E-state index in [1.165, 1.54) is 24.3 Å². The minimum Gasteiger partial charge on any atom is -0.331 e. The zero-order valence-corrected chi connectivity index (χ0v) is 11.9. The highest BCUT2D eigenvalue weighted by Crippen LogP contribution is 2.27. The summed E-state index contributed by atoms with van der Waals surface area (Å²) in [4.78, 5) is 4.73. The number of rotatable bonds is 2. The number of benzene rings is 1. The van der Waals surface area contributed by atoms with Gasteiger partial charge in [-0.3, -0.25) is 0 Å². The Morgan fingerprint density at radius 2 is 2.21 bits per heavy atom. The van der Waals surface area contributed by atoms with Gasteiger partial charge in [-0.15, -0.1) is 0 Å². The third-order valence-corrected chi connectivity index (χ3v) is 4.96. The molecule has 0 spiro atoms. The number of hydrogen-bond donors (Lipinski definition) is 0.